The lowest BCUT2D eigenvalue weighted by atomic mass is 10.1. The number of nitrogen functional groups attached to an aromatic ring is 1. The fourth-order valence-corrected chi connectivity index (χ4v) is 1.69. The Morgan fingerprint density at radius 1 is 1.40 bits per heavy atom. The minimum Gasteiger partial charge on any atom is -0.398 e. The van der Waals surface area contributed by atoms with Gasteiger partial charge in [0.25, 0.3) is 0 Å². The third-order valence-electron chi connectivity index (χ3n) is 2.66. The van der Waals surface area contributed by atoms with Gasteiger partial charge in [0.2, 0.25) is 0 Å². The summed E-state index contributed by atoms with van der Waals surface area (Å²) in [5, 5.41) is 8.83. The Morgan fingerprint density at radius 3 is 2.73 bits per heavy atom. The molecular weight excluding hydrogens is 188 g/mol. The summed E-state index contributed by atoms with van der Waals surface area (Å²) in [6, 6.07) is 5.96. The summed E-state index contributed by atoms with van der Waals surface area (Å²) >= 11 is 0. The second-order valence-corrected chi connectivity index (χ2v) is 3.65. The normalized spacial score (nSPS) is 10.3. The molecule has 3 heteroatoms. The fourth-order valence-electron chi connectivity index (χ4n) is 1.69. The number of nitrogens with two attached hydrogens (primary N) is 1. The zero-order valence-electron chi connectivity index (χ0n) is 9.53. The van der Waals surface area contributed by atoms with E-state index in [0.29, 0.717) is 0 Å². The Kier molecular flexibility index (Phi) is 4.43. The van der Waals surface area contributed by atoms with Crippen LogP contribution in [0.5, 0.6) is 0 Å². The molecule has 84 valence electrons. The van der Waals surface area contributed by atoms with Crippen molar-refractivity contribution in [2.75, 3.05) is 30.3 Å². The molecule has 0 fully saturated rings. The number of aliphatic hydroxyl groups excluding tert-OH is 1. The van der Waals surface area contributed by atoms with Gasteiger partial charge < -0.3 is 15.7 Å². The molecule has 15 heavy (non-hydrogen) atoms. The maximum Gasteiger partial charge on any atom is 0.0447 e. The van der Waals surface area contributed by atoms with E-state index in [1.807, 2.05) is 19.1 Å². The van der Waals surface area contributed by atoms with Gasteiger partial charge in [-0.2, -0.15) is 0 Å². The molecule has 0 radical (unpaired) electrons. The first kappa shape index (κ1) is 11.9. The first-order chi connectivity index (χ1) is 7.20. The third kappa shape index (κ3) is 2.86. The van der Waals surface area contributed by atoms with Crippen molar-refractivity contribution in [3.63, 3.8) is 0 Å². The lowest BCUT2D eigenvalue weighted by Gasteiger charge is -2.25. The molecule has 3 N–H and O–H groups in total. The van der Waals surface area contributed by atoms with Crippen LogP contribution in [0.25, 0.3) is 0 Å². The van der Waals surface area contributed by atoms with E-state index in [9.17, 15) is 0 Å². The molecule has 0 bridgehead atoms. The molecule has 0 saturated heterocycles. The van der Waals surface area contributed by atoms with Crippen LogP contribution >= 0.6 is 0 Å². The van der Waals surface area contributed by atoms with E-state index >= 15 is 0 Å². The molecule has 0 aliphatic carbocycles. The Hall–Kier alpha value is -1.22. The van der Waals surface area contributed by atoms with E-state index < -0.39 is 0 Å². The predicted octanol–water partition coefficient (Wildman–Crippen LogP) is 1.79. The summed E-state index contributed by atoms with van der Waals surface area (Å²) < 4.78 is 0. The summed E-state index contributed by atoms with van der Waals surface area (Å²) in [6.45, 7) is 6.19. The van der Waals surface area contributed by atoms with Gasteiger partial charge in [-0.1, -0.05) is 6.07 Å². The quantitative estimate of drug-likeness (QED) is 0.725. The molecular formula is C12H20N2O. The Labute approximate surface area is 91.5 Å². The van der Waals surface area contributed by atoms with Crippen molar-refractivity contribution in [3.8, 4) is 0 Å². The molecule has 0 saturated carbocycles. The van der Waals surface area contributed by atoms with Gasteiger partial charge in [-0.15, -0.1) is 0 Å². The average molecular weight is 208 g/mol. The second kappa shape index (κ2) is 5.61. The lowest BCUT2D eigenvalue weighted by molar-refractivity contribution is 0.289. The zero-order chi connectivity index (χ0) is 11.3. The van der Waals surface area contributed by atoms with Crippen LogP contribution in [0.4, 0.5) is 11.4 Å². The number of nitrogens with zero attached hydrogens (tertiary/aromatic N) is 1. The SMILES string of the molecule is CCN(CCCO)c1cccc(N)c1C. The standard InChI is InChI=1S/C12H20N2O/c1-3-14(8-5-9-15)12-7-4-6-11(13)10(12)2/h4,6-7,15H,3,5,8-9,13H2,1-2H3. The molecule has 0 aromatic heterocycles. The molecule has 0 aliphatic heterocycles. The largest absolute Gasteiger partial charge is 0.398 e. The fraction of sp³-hybridized carbons (Fsp3) is 0.500. The molecule has 0 heterocycles. The summed E-state index contributed by atoms with van der Waals surface area (Å²) in [5.41, 5.74) is 8.99. The van der Waals surface area contributed by atoms with Crippen LogP contribution in [-0.4, -0.2) is 24.8 Å². The van der Waals surface area contributed by atoms with E-state index in [2.05, 4.69) is 17.9 Å². The van der Waals surface area contributed by atoms with E-state index in [0.717, 1.165) is 30.8 Å². The predicted molar refractivity (Wildman–Crippen MR) is 65.2 cm³/mol. The summed E-state index contributed by atoms with van der Waals surface area (Å²) in [7, 11) is 0. The highest BCUT2D eigenvalue weighted by molar-refractivity contribution is 5.64. The number of aliphatic hydroxyl groups is 1. The van der Waals surface area contributed by atoms with Crippen molar-refractivity contribution in [3.05, 3.63) is 23.8 Å². The molecule has 0 aliphatic rings. The zero-order valence-corrected chi connectivity index (χ0v) is 9.53. The van der Waals surface area contributed by atoms with Gasteiger partial charge in [-0.3, -0.25) is 0 Å². The first-order valence-electron chi connectivity index (χ1n) is 5.41. The van der Waals surface area contributed by atoms with Crippen LogP contribution in [0.2, 0.25) is 0 Å². The van der Waals surface area contributed by atoms with Gasteiger partial charge >= 0.3 is 0 Å². The number of hydrogen-bond donors (Lipinski definition) is 2. The molecule has 1 aromatic rings. The third-order valence-corrected chi connectivity index (χ3v) is 2.66. The van der Waals surface area contributed by atoms with Gasteiger partial charge in [-0.25, -0.2) is 0 Å². The van der Waals surface area contributed by atoms with Gasteiger partial charge in [0.15, 0.2) is 0 Å². The second-order valence-electron chi connectivity index (χ2n) is 3.65. The van der Waals surface area contributed by atoms with Crippen LogP contribution in [0, 0.1) is 6.92 Å². The maximum atomic E-state index is 8.83. The molecule has 1 aromatic carbocycles. The van der Waals surface area contributed by atoms with Crippen LogP contribution < -0.4 is 10.6 Å². The lowest BCUT2D eigenvalue weighted by Crippen LogP contribution is -2.25. The summed E-state index contributed by atoms with van der Waals surface area (Å²) in [5.74, 6) is 0. The molecule has 3 nitrogen and oxygen atoms in total. The van der Waals surface area contributed by atoms with Crippen molar-refractivity contribution >= 4 is 11.4 Å². The Morgan fingerprint density at radius 2 is 2.13 bits per heavy atom. The van der Waals surface area contributed by atoms with Crippen molar-refractivity contribution in [2.24, 2.45) is 0 Å². The molecule has 1 rings (SSSR count). The van der Waals surface area contributed by atoms with E-state index in [1.165, 1.54) is 5.69 Å². The van der Waals surface area contributed by atoms with Crippen LogP contribution in [0.3, 0.4) is 0 Å². The van der Waals surface area contributed by atoms with Gasteiger partial charge in [0, 0.05) is 31.1 Å². The maximum absolute atomic E-state index is 8.83. The monoisotopic (exact) mass is 208 g/mol. The van der Waals surface area contributed by atoms with Crippen LogP contribution in [0.1, 0.15) is 18.9 Å². The number of hydrogen-bond acceptors (Lipinski definition) is 3. The van der Waals surface area contributed by atoms with E-state index in [1.54, 1.807) is 0 Å². The van der Waals surface area contributed by atoms with Crippen molar-refractivity contribution < 1.29 is 5.11 Å². The van der Waals surface area contributed by atoms with Crippen LogP contribution in [-0.2, 0) is 0 Å². The Balaban J connectivity index is 2.86. The highest BCUT2D eigenvalue weighted by atomic mass is 16.3. The summed E-state index contributed by atoms with van der Waals surface area (Å²) in [4.78, 5) is 2.24. The highest BCUT2D eigenvalue weighted by Crippen LogP contribution is 2.24. The minimum absolute atomic E-state index is 0.234. The number of anilines is 2. The topological polar surface area (TPSA) is 49.5 Å². The van der Waals surface area contributed by atoms with Crippen LogP contribution in [0.15, 0.2) is 18.2 Å². The minimum atomic E-state index is 0.234. The number of benzene rings is 1. The van der Waals surface area contributed by atoms with Gasteiger partial charge in [0.1, 0.15) is 0 Å². The molecule has 0 spiro atoms. The summed E-state index contributed by atoms with van der Waals surface area (Å²) in [6.07, 6.45) is 0.794. The molecule has 0 unspecified atom stereocenters. The van der Waals surface area contributed by atoms with Gasteiger partial charge in [-0.05, 0) is 38.0 Å². The Bertz CT molecular complexity index is 312. The molecule has 0 amide bonds. The number of rotatable bonds is 5. The first-order valence-corrected chi connectivity index (χ1v) is 5.41. The smallest absolute Gasteiger partial charge is 0.0447 e. The average Bonchev–Trinajstić information content (AvgIpc) is 2.25. The van der Waals surface area contributed by atoms with Gasteiger partial charge in [0.05, 0.1) is 0 Å². The highest BCUT2D eigenvalue weighted by Gasteiger charge is 2.07. The van der Waals surface area contributed by atoms with E-state index in [4.69, 9.17) is 10.8 Å². The van der Waals surface area contributed by atoms with E-state index in [-0.39, 0.29) is 6.61 Å². The van der Waals surface area contributed by atoms with Crippen molar-refractivity contribution in [1.82, 2.24) is 0 Å². The van der Waals surface area contributed by atoms with Crippen molar-refractivity contribution in [1.29, 1.82) is 0 Å². The molecule has 0 atom stereocenters. The van der Waals surface area contributed by atoms with Crippen molar-refractivity contribution in [2.45, 2.75) is 20.3 Å².